The summed E-state index contributed by atoms with van der Waals surface area (Å²) >= 11 is 0. The monoisotopic (exact) mass is 259 g/mol. The van der Waals surface area contributed by atoms with E-state index in [0.717, 1.165) is 30.9 Å². The predicted octanol–water partition coefficient (Wildman–Crippen LogP) is 1.78. The molecule has 5 nitrogen and oxygen atoms in total. The molecule has 2 unspecified atom stereocenters. The minimum Gasteiger partial charge on any atom is -0.382 e. The van der Waals surface area contributed by atoms with Crippen LogP contribution in [-0.4, -0.2) is 28.9 Å². The second-order valence-electron chi connectivity index (χ2n) is 5.69. The Morgan fingerprint density at radius 3 is 2.84 bits per heavy atom. The van der Waals surface area contributed by atoms with Crippen LogP contribution >= 0.6 is 0 Å². The van der Waals surface area contributed by atoms with Crippen LogP contribution in [0.2, 0.25) is 0 Å². The third-order valence-corrected chi connectivity index (χ3v) is 4.49. The Labute approximate surface area is 113 Å². The fourth-order valence-corrected chi connectivity index (χ4v) is 3.43. The zero-order valence-electron chi connectivity index (χ0n) is 11.2. The van der Waals surface area contributed by atoms with Crippen molar-refractivity contribution in [2.75, 3.05) is 18.0 Å². The molecule has 1 saturated heterocycles. The molecule has 1 aliphatic carbocycles. The average molecular weight is 259 g/mol. The highest BCUT2D eigenvalue weighted by Gasteiger charge is 2.31. The van der Waals surface area contributed by atoms with E-state index < -0.39 is 0 Å². The Morgan fingerprint density at radius 1 is 1.26 bits per heavy atom. The van der Waals surface area contributed by atoms with Crippen LogP contribution < -0.4 is 10.6 Å². The second kappa shape index (κ2) is 5.15. The molecule has 3 N–H and O–H groups in total. The van der Waals surface area contributed by atoms with Gasteiger partial charge in [0.15, 0.2) is 0 Å². The van der Waals surface area contributed by atoms with Gasteiger partial charge in [0, 0.05) is 19.3 Å². The van der Waals surface area contributed by atoms with Crippen LogP contribution in [0.4, 0.5) is 5.95 Å². The number of piperidine rings is 1. The highest BCUT2D eigenvalue weighted by Crippen LogP contribution is 2.36. The fraction of sp³-hybridized carbons (Fsp3) is 0.643. The first kappa shape index (κ1) is 12.4. The van der Waals surface area contributed by atoms with E-state index >= 15 is 0 Å². The third-order valence-electron chi connectivity index (χ3n) is 4.49. The Bertz CT molecular complexity index is 473. The molecule has 2 atom stereocenters. The summed E-state index contributed by atoms with van der Waals surface area (Å²) in [5.41, 5.74) is 6.02. The number of hydrogen-bond acceptors (Lipinski definition) is 4. The van der Waals surface area contributed by atoms with Gasteiger partial charge in [-0.3, -0.25) is 5.41 Å². The topological polar surface area (TPSA) is 78.9 Å². The molecule has 0 bridgehead atoms. The van der Waals surface area contributed by atoms with Crippen molar-refractivity contribution in [1.82, 2.24) is 9.97 Å². The molecule has 2 aliphatic rings. The molecule has 0 radical (unpaired) electrons. The lowest BCUT2D eigenvalue weighted by Crippen LogP contribution is -2.42. The van der Waals surface area contributed by atoms with Gasteiger partial charge >= 0.3 is 0 Å². The molecular weight excluding hydrogens is 238 g/mol. The Hall–Kier alpha value is -1.65. The zero-order valence-corrected chi connectivity index (χ0v) is 11.2. The summed E-state index contributed by atoms with van der Waals surface area (Å²) in [6.07, 6.45) is 8.45. The van der Waals surface area contributed by atoms with Crippen molar-refractivity contribution < 1.29 is 0 Å². The van der Waals surface area contributed by atoms with Crippen LogP contribution in [0.5, 0.6) is 0 Å². The highest BCUT2D eigenvalue weighted by atomic mass is 15.3. The number of rotatable bonds is 2. The van der Waals surface area contributed by atoms with Gasteiger partial charge in [-0.15, -0.1) is 0 Å². The van der Waals surface area contributed by atoms with E-state index in [-0.39, 0.29) is 5.84 Å². The van der Waals surface area contributed by atoms with Gasteiger partial charge in [0.05, 0.1) is 0 Å². The number of nitrogens with two attached hydrogens (primary N) is 1. The first-order chi connectivity index (χ1) is 9.24. The van der Waals surface area contributed by atoms with Crippen molar-refractivity contribution in [3.63, 3.8) is 0 Å². The third kappa shape index (κ3) is 2.55. The largest absolute Gasteiger partial charge is 0.382 e. The summed E-state index contributed by atoms with van der Waals surface area (Å²) in [5, 5.41) is 7.46. The van der Waals surface area contributed by atoms with E-state index in [1.807, 2.05) is 0 Å². The maximum atomic E-state index is 7.46. The van der Waals surface area contributed by atoms with Crippen LogP contribution in [0.1, 0.15) is 37.8 Å². The van der Waals surface area contributed by atoms with Crippen molar-refractivity contribution in [2.45, 2.75) is 32.1 Å². The summed E-state index contributed by atoms with van der Waals surface area (Å²) in [5.74, 6) is 2.45. The maximum Gasteiger partial charge on any atom is 0.225 e. The van der Waals surface area contributed by atoms with Crippen molar-refractivity contribution >= 4 is 11.8 Å². The van der Waals surface area contributed by atoms with Gasteiger partial charge in [0.1, 0.15) is 11.5 Å². The molecule has 1 aliphatic heterocycles. The molecule has 19 heavy (non-hydrogen) atoms. The van der Waals surface area contributed by atoms with Gasteiger partial charge in [-0.25, -0.2) is 9.97 Å². The van der Waals surface area contributed by atoms with Crippen LogP contribution in [-0.2, 0) is 0 Å². The first-order valence-electron chi connectivity index (χ1n) is 7.16. The molecule has 0 aromatic carbocycles. The highest BCUT2D eigenvalue weighted by molar-refractivity contribution is 5.93. The summed E-state index contributed by atoms with van der Waals surface area (Å²) < 4.78 is 0. The van der Waals surface area contributed by atoms with Gasteiger partial charge in [-0.05, 0) is 30.7 Å². The molecule has 5 heteroatoms. The van der Waals surface area contributed by atoms with Crippen molar-refractivity contribution in [3.8, 4) is 0 Å². The molecule has 1 saturated carbocycles. The smallest absolute Gasteiger partial charge is 0.225 e. The molecule has 0 spiro atoms. The molecule has 0 amide bonds. The lowest BCUT2D eigenvalue weighted by molar-refractivity contribution is 0.201. The number of hydrogen-bond donors (Lipinski definition) is 2. The molecule has 1 aromatic rings. The van der Waals surface area contributed by atoms with Crippen LogP contribution in [0.15, 0.2) is 12.3 Å². The van der Waals surface area contributed by atoms with E-state index in [9.17, 15) is 0 Å². The summed E-state index contributed by atoms with van der Waals surface area (Å²) in [6, 6.07) is 1.69. The Kier molecular flexibility index (Phi) is 3.36. The molecule has 1 aromatic heterocycles. The molecular formula is C14H21N5. The second-order valence-corrected chi connectivity index (χ2v) is 5.69. The summed E-state index contributed by atoms with van der Waals surface area (Å²) in [7, 11) is 0. The minimum atomic E-state index is 0.0104. The van der Waals surface area contributed by atoms with E-state index in [0.29, 0.717) is 5.69 Å². The molecule has 102 valence electrons. The summed E-state index contributed by atoms with van der Waals surface area (Å²) in [6.45, 7) is 2.09. The van der Waals surface area contributed by atoms with Gasteiger partial charge in [-0.2, -0.15) is 0 Å². The fourth-order valence-electron chi connectivity index (χ4n) is 3.43. The lowest BCUT2D eigenvalue weighted by atomic mass is 9.75. The average Bonchev–Trinajstić information content (AvgIpc) is 2.47. The van der Waals surface area contributed by atoms with E-state index in [2.05, 4.69) is 14.9 Å². The van der Waals surface area contributed by atoms with Crippen molar-refractivity contribution in [1.29, 1.82) is 5.41 Å². The van der Waals surface area contributed by atoms with Crippen molar-refractivity contribution in [3.05, 3.63) is 18.0 Å². The number of anilines is 1. The number of nitrogens with zero attached hydrogens (tertiary/aromatic N) is 3. The normalized spacial score (nSPS) is 26.8. The maximum absolute atomic E-state index is 7.46. The van der Waals surface area contributed by atoms with Gasteiger partial charge in [0.2, 0.25) is 5.95 Å². The van der Waals surface area contributed by atoms with Gasteiger partial charge < -0.3 is 10.6 Å². The van der Waals surface area contributed by atoms with Crippen LogP contribution in [0.25, 0.3) is 0 Å². The van der Waals surface area contributed by atoms with Crippen molar-refractivity contribution in [2.24, 2.45) is 17.6 Å². The number of amidine groups is 1. The molecule has 2 fully saturated rings. The molecule has 2 heterocycles. The zero-order chi connectivity index (χ0) is 13.2. The van der Waals surface area contributed by atoms with E-state index in [1.54, 1.807) is 12.3 Å². The van der Waals surface area contributed by atoms with E-state index in [4.69, 9.17) is 11.1 Å². The Balaban J connectivity index is 1.75. The van der Waals surface area contributed by atoms with Gasteiger partial charge in [0.25, 0.3) is 0 Å². The minimum absolute atomic E-state index is 0.0104. The number of nitrogen functional groups attached to an aromatic ring is 1. The van der Waals surface area contributed by atoms with Crippen LogP contribution in [0.3, 0.4) is 0 Å². The standard InChI is InChI=1S/C14H21N5/c15-13(16)12-5-7-17-14(18-12)19-8-6-10-3-1-2-4-11(10)9-19/h5,7,10-11H,1-4,6,8-9H2,(H3,15,16). The molecule has 3 rings (SSSR count). The van der Waals surface area contributed by atoms with E-state index in [1.165, 1.54) is 32.1 Å². The van der Waals surface area contributed by atoms with Gasteiger partial charge in [-0.1, -0.05) is 19.3 Å². The number of nitrogens with one attached hydrogen (secondary N) is 1. The lowest BCUT2D eigenvalue weighted by Gasteiger charge is -2.41. The number of fused-ring (bicyclic) bond motifs is 1. The predicted molar refractivity (Wildman–Crippen MR) is 75.3 cm³/mol. The van der Waals surface area contributed by atoms with Crippen LogP contribution in [0, 0.1) is 17.2 Å². The Morgan fingerprint density at radius 2 is 2.05 bits per heavy atom. The SMILES string of the molecule is N=C(N)c1ccnc(N2CCC3CCCCC3C2)n1. The quantitative estimate of drug-likeness (QED) is 0.627. The first-order valence-corrected chi connectivity index (χ1v) is 7.16. The number of aromatic nitrogens is 2. The summed E-state index contributed by atoms with van der Waals surface area (Å²) in [4.78, 5) is 11.0.